The lowest BCUT2D eigenvalue weighted by Crippen LogP contribution is -2.46. The molecule has 0 bridgehead atoms. The number of carbonyl (C=O) groups excluding carboxylic acids is 5. The van der Waals surface area contributed by atoms with E-state index in [-0.39, 0.29) is 58.0 Å². The number of rotatable bonds is 6. The summed E-state index contributed by atoms with van der Waals surface area (Å²) in [6.45, 7) is 19.4. The van der Waals surface area contributed by atoms with Crippen LogP contribution in [0, 0.1) is 16.2 Å². The molecule has 9 aliphatic heterocycles. The van der Waals surface area contributed by atoms with Crippen LogP contribution in [0.2, 0.25) is 0 Å². The molecule has 386 valence electrons. The van der Waals surface area contributed by atoms with Crippen LogP contribution < -0.4 is 0 Å². The maximum Gasteiger partial charge on any atom is 0.508 e. The van der Waals surface area contributed by atoms with Gasteiger partial charge in [-0.25, -0.2) is 14.4 Å². The van der Waals surface area contributed by atoms with Crippen LogP contribution in [-0.4, -0.2) is 183 Å². The number of cyclic esters (lactones) is 6. The second-order valence-electron chi connectivity index (χ2n) is 20.0. The molecule has 0 aromatic heterocycles. The van der Waals surface area contributed by atoms with E-state index in [1.165, 1.54) is 6.92 Å². The van der Waals surface area contributed by atoms with Crippen LogP contribution in [0.25, 0.3) is 0 Å². The number of carbonyl (C=O) groups is 6. The number of carboxylic acids is 1. The average molecular weight is 1000 g/mol. The Morgan fingerprint density at radius 3 is 1.26 bits per heavy atom. The molecule has 4 unspecified atom stereocenters. The molecule has 0 radical (unpaired) electrons. The first kappa shape index (κ1) is 53.6. The lowest BCUT2D eigenvalue weighted by Gasteiger charge is -2.32. The zero-order valence-electron chi connectivity index (χ0n) is 39.6. The van der Waals surface area contributed by atoms with Crippen molar-refractivity contribution in [2.24, 2.45) is 16.2 Å². The third-order valence-corrected chi connectivity index (χ3v) is 12.1. The number of halogens is 1. The van der Waals surface area contributed by atoms with Gasteiger partial charge in [-0.05, 0) is 87.8 Å². The number of aliphatic hydroxyl groups is 1. The van der Waals surface area contributed by atoms with E-state index < -0.39 is 118 Å². The lowest BCUT2D eigenvalue weighted by molar-refractivity contribution is -0.249. The highest BCUT2D eigenvalue weighted by molar-refractivity contribution is 6.64. The van der Waals surface area contributed by atoms with Crippen LogP contribution in [0.5, 0.6) is 0 Å². The van der Waals surface area contributed by atoms with E-state index in [9.17, 15) is 33.9 Å². The third-order valence-electron chi connectivity index (χ3n) is 11.7. The predicted octanol–water partition coefficient (Wildman–Crippen LogP) is 2.64. The molecule has 9 aliphatic rings. The van der Waals surface area contributed by atoms with Crippen molar-refractivity contribution in [2.75, 3.05) is 52.9 Å². The summed E-state index contributed by atoms with van der Waals surface area (Å²) in [7, 11) is 0. The van der Waals surface area contributed by atoms with Gasteiger partial charge >= 0.3 is 30.4 Å². The molecule has 0 aromatic carbocycles. The summed E-state index contributed by atoms with van der Waals surface area (Å²) < 4.78 is 90.7. The number of esters is 1. The molecule has 10 atom stereocenters. The number of carboxylic acid groups (broad SMARTS) is 1. The maximum atomic E-state index is 12.7. The summed E-state index contributed by atoms with van der Waals surface area (Å²) in [5.41, 5.74) is -3.10. The number of aliphatic hydroxyl groups excluding tert-OH is 1. The van der Waals surface area contributed by atoms with Gasteiger partial charge in [0.15, 0.2) is 35.5 Å². The Morgan fingerprint density at radius 2 is 0.868 bits per heavy atom. The molecule has 68 heavy (non-hydrogen) atoms. The van der Waals surface area contributed by atoms with Gasteiger partial charge in [-0.2, -0.15) is 0 Å². The van der Waals surface area contributed by atoms with Crippen LogP contribution in [0.15, 0.2) is 0 Å². The molecule has 9 heterocycles. The predicted molar refractivity (Wildman–Crippen MR) is 218 cm³/mol. The first-order valence-corrected chi connectivity index (χ1v) is 22.1. The SMILES string of the molecule is CC1(C(=O)Cl)COC(=O)OC1.CC1(C(=O)O)COC(=O)OC1.CC1(C)OCC([C@H]2OC(O)[C@H]3OC(C)(C)O[C@H]32)O1.CC1(C)OCC([C@H]2OC(OC(=O)C3(C)COC(=O)OC3)[C@H]3OC(C)(C)O[C@@H]23)O1. The molecule has 9 fully saturated rings. The lowest BCUT2D eigenvalue weighted by atomic mass is 9.92. The maximum absolute atomic E-state index is 12.7. The topological polar surface area (TPSA) is 300 Å². The molecule has 9 rings (SSSR count). The van der Waals surface area contributed by atoms with Crippen molar-refractivity contribution >= 4 is 47.2 Å². The molecular weight excluding hydrogens is 940 g/mol. The van der Waals surface area contributed by atoms with Crippen molar-refractivity contribution < 1.29 is 120 Å². The summed E-state index contributed by atoms with van der Waals surface area (Å²) in [6, 6.07) is 0. The van der Waals surface area contributed by atoms with Crippen molar-refractivity contribution in [3.05, 3.63) is 0 Å². The van der Waals surface area contributed by atoms with Crippen LogP contribution >= 0.6 is 11.6 Å². The Kier molecular flexibility index (Phi) is 15.6. The minimum atomic E-state index is -1.13. The van der Waals surface area contributed by atoms with Gasteiger partial charge in [0.05, 0.1) is 13.2 Å². The Labute approximate surface area is 395 Å². The van der Waals surface area contributed by atoms with Crippen molar-refractivity contribution in [1.29, 1.82) is 0 Å². The molecule has 0 saturated carbocycles. The molecule has 26 heteroatoms. The number of hydrogen-bond donors (Lipinski definition) is 2. The highest BCUT2D eigenvalue weighted by atomic mass is 35.5. The molecule has 0 aliphatic carbocycles. The first-order valence-electron chi connectivity index (χ1n) is 21.7. The quantitative estimate of drug-likeness (QED) is 0.220. The largest absolute Gasteiger partial charge is 0.508 e. The van der Waals surface area contributed by atoms with Crippen LogP contribution in [0.4, 0.5) is 14.4 Å². The second kappa shape index (κ2) is 19.8. The van der Waals surface area contributed by atoms with Crippen LogP contribution in [0.3, 0.4) is 0 Å². The summed E-state index contributed by atoms with van der Waals surface area (Å²) in [5, 5.41) is 17.9. The highest BCUT2D eigenvalue weighted by Crippen LogP contribution is 2.44. The van der Waals surface area contributed by atoms with E-state index in [0.29, 0.717) is 13.2 Å². The van der Waals surface area contributed by atoms with Crippen molar-refractivity contribution in [3.8, 4) is 0 Å². The van der Waals surface area contributed by atoms with E-state index in [0.717, 1.165) is 0 Å². The number of fused-ring (bicyclic) bond motifs is 2. The van der Waals surface area contributed by atoms with Crippen molar-refractivity contribution in [1.82, 2.24) is 0 Å². The van der Waals surface area contributed by atoms with Gasteiger partial charge in [0.1, 0.15) is 98.6 Å². The summed E-state index contributed by atoms with van der Waals surface area (Å²) >= 11 is 5.24. The molecule has 9 saturated heterocycles. The van der Waals surface area contributed by atoms with Gasteiger partial charge in [-0.3, -0.25) is 14.4 Å². The van der Waals surface area contributed by atoms with E-state index in [1.54, 1.807) is 27.7 Å². The standard InChI is InChI=1S/C18H26O10.C12H20O6.C6H7ClO4.C6H8O5/c1-16(2)23-6-9(26-16)10-11-12(28-17(3,4)27-11)13(24-10)25-14(19)18(5)7-21-15(20)22-8-18;1-11(2)14-5-6(16-11)7-8-9(10(13)15-7)18-12(3,4)17-8;2*1-6(4(7)8)2-10-5(9)11-3-6/h9-13H,6-8H2,1-5H3;6-10,13H,5H2,1-4H3;2-3H2,1H3;2-3H2,1H3,(H,7,8)/t9?,10-,11+,12+,13?;6?,7-,8+,9+,10?;;/m11../s1. The number of aliphatic carboxylic acids is 1. The molecule has 0 amide bonds. The second-order valence-corrected chi connectivity index (χ2v) is 20.3. The molecule has 2 N–H and O–H groups in total. The van der Waals surface area contributed by atoms with Gasteiger partial charge < -0.3 is 90.7 Å². The smallest absolute Gasteiger partial charge is 0.481 e. The Hall–Kier alpha value is -3.73. The number of ether oxygens (including phenoxy) is 17. The van der Waals surface area contributed by atoms with Gasteiger partial charge in [-0.1, -0.05) is 0 Å². The van der Waals surface area contributed by atoms with E-state index in [1.807, 2.05) is 41.5 Å². The monoisotopic (exact) mass is 1000 g/mol. The fourth-order valence-corrected chi connectivity index (χ4v) is 7.92. The Morgan fingerprint density at radius 1 is 0.500 bits per heavy atom. The zero-order chi connectivity index (χ0) is 50.4. The normalized spacial score (nSPS) is 36.8. The molecule has 0 spiro atoms. The zero-order valence-corrected chi connectivity index (χ0v) is 40.3. The highest BCUT2D eigenvalue weighted by Gasteiger charge is 2.62. The fourth-order valence-electron chi connectivity index (χ4n) is 7.81. The van der Waals surface area contributed by atoms with Crippen LogP contribution in [-0.2, 0) is 94.9 Å². The van der Waals surface area contributed by atoms with Gasteiger partial charge in [0.2, 0.25) is 11.5 Å². The van der Waals surface area contributed by atoms with Crippen molar-refractivity contribution in [2.45, 2.75) is 161 Å². The number of hydrogen-bond acceptors (Lipinski definition) is 24. The first-order chi connectivity index (χ1) is 31.3. The van der Waals surface area contributed by atoms with Crippen molar-refractivity contribution in [3.63, 3.8) is 0 Å². The molecule has 25 nitrogen and oxygen atoms in total. The van der Waals surface area contributed by atoms with E-state index in [4.69, 9.17) is 78.3 Å². The molecule has 0 aromatic rings. The van der Waals surface area contributed by atoms with Crippen LogP contribution in [0.1, 0.15) is 76.2 Å². The summed E-state index contributed by atoms with van der Waals surface area (Å²) in [6.07, 6.45) is -7.75. The van der Waals surface area contributed by atoms with E-state index >= 15 is 0 Å². The van der Waals surface area contributed by atoms with E-state index in [2.05, 4.69) is 18.9 Å². The average Bonchev–Trinajstić information content (AvgIpc) is 4.08. The minimum Gasteiger partial charge on any atom is -0.481 e. The fraction of sp³-hybridized carbons (Fsp3) is 0.857. The van der Waals surface area contributed by atoms with Gasteiger partial charge in [0.25, 0.3) is 0 Å². The van der Waals surface area contributed by atoms with Gasteiger partial charge in [0, 0.05) is 0 Å². The van der Waals surface area contributed by atoms with Gasteiger partial charge in [-0.15, -0.1) is 0 Å². The Bertz CT molecular complexity index is 1830. The third kappa shape index (κ3) is 12.6. The molecular formula is C42H61ClO25. The minimum absolute atomic E-state index is 0.00579. The summed E-state index contributed by atoms with van der Waals surface area (Å²) in [4.78, 5) is 65.8. The summed E-state index contributed by atoms with van der Waals surface area (Å²) in [5.74, 6) is -4.54. The Balaban J connectivity index is 0.000000163.